The fourth-order valence-electron chi connectivity index (χ4n) is 3.50. The Morgan fingerprint density at radius 3 is 1.89 bits per heavy atom. The van der Waals surface area contributed by atoms with Crippen LogP contribution in [-0.4, -0.2) is 16.1 Å². The molecule has 0 aliphatic carbocycles. The molecule has 0 atom stereocenters. The minimum absolute atomic E-state index is 0.355. The molecule has 0 saturated heterocycles. The van der Waals surface area contributed by atoms with Crippen molar-refractivity contribution >= 4 is 6.08 Å². The quantitative estimate of drug-likeness (QED) is 0.184. The molecule has 3 aromatic carbocycles. The number of ether oxygens (including phenoxy) is 1. The van der Waals surface area contributed by atoms with E-state index in [-0.39, 0.29) is 0 Å². The lowest BCUT2D eigenvalue weighted by Crippen LogP contribution is -2.21. The van der Waals surface area contributed by atoms with Crippen LogP contribution in [0.15, 0.2) is 79.1 Å². The molecule has 4 rings (SSSR count). The van der Waals surface area contributed by atoms with Crippen molar-refractivity contribution in [1.29, 1.82) is 0 Å². The Kier molecular flexibility index (Phi) is 7.43. The molecule has 184 valence electrons. The Morgan fingerprint density at radius 1 is 0.806 bits per heavy atom. The maximum Gasteiger partial charge on any atom is 0.419 e. The number of rotatable bonds is 8. The summed E-state index contributed by atoms with van der Waals surface area (Å²) in [4.78, 5) is 8.83. The Morgan fingerprint density at radius 2 is 1.33 bits per heavy atom. The van der Waals surface area contributed by atoms with E-state index in [4.69, 9.17) is 0 Å². The van der Waals surface area contributed by atoms with Crippen LogP contribution < -0.4 is 4.74 Å². The van der Waals surface area contributed by atoms with Crippen LogP contribution in [0.5, 0.6) is 5.75 Å². The highest BCUT2D eigenvalue weighted by atomic mass is 19.3. The van der Waals surface area contributed by atoms with Crippen molar-refractivity contribution in [2.24, 2.45) is 0 Å². The molecule has 0 unspecified atom stereocenters. The minimum atomic E-state index is -3.87. The molecule has 0 N–H and O–H groups in total. The van der Waals surface area contributed by atoms with Gasteiger partial charge >= 0.3 is 6.11 Å². The SMILES string of the molecule is CCCc1cnc(-c2ccc(-c3ccc(C=CC(F)(F)Oc4cc(F)c(F)c(F)c4)cc3)cc2)nc1. The van der Waals surface area contributed by atoms with Crippen molar-refractivity contribution in [2.75, 3.05) is 0 Å². The molecule has 1 heterocycles. The number of halogens is 5. The average molecular weight is 496 g/mol. The van der Waals surface area contributed by atoms with Gasteiger partial charge in [-0.25, -0.2) is 23.1 Å². The van der Waals surface area contributed by atoms with Crippen LogP contribution in [0.1, 0.15) is 24.5 Å². The predicted molar refractivity (Wildman–Crippen MR) is 128 cm³/mol. The Labute approximate surface area is 204 Å². The molecule has 0 radical (unpaired) electrons. The summed E-state index contributed by atoms with van der Waals surface area (Å²) in [5.74, 6) is -5.19. The zero-order chi connectivity index (χ0) is 25.7. The molecule has 0 amide bonds. The van der Waals surface area contributed by atoms with Crippen LogP contribution in [0.2, 0.25) is 0 Å². The predicted octanol–water partition coefficient (Wildman–Crippen LogP) is 7.87. The van der Waals surface area contributed by atoms with Gasteiger partial charge in [0.2, 0.25) is 0 Å². The Balaban J connectivity index is 1.42. The van der Waals surface area contributed by atoms with Crippen molar-refractivity contribution in [1.82, 2.24) is 9.97 Å². The van der Waals surface area contributed by atoms with Gasteiger partial charge in [-0.2, -0.15) is 8.78 Å². The summed E-state index contributed by atoms with van der Waals surface area (Å²) >= 11 is 0. The standard InChI is InChI=1S/C28H21F5N2O/c1-2-3-19-16-34-27(35-17-19)22-10-8-21(9-11-22)20-6-4-18(5-7-20)12-13-28(32,33)36-23-14-24(29)26(31)25(30)15-23/h4-17H,2-3H2,1H3. The van der Waals surface area contributed by atoms with Gasteiger partial charge in [-0.1, -0.05) is 61.9 Å². The van der Waals surface area contributed by atoms with Crippen molar-refractivity contribution in [3.8, 4) is 28.3 Å². The van der Waals surface area contributed by atoms with E-state index in [1.165, 1.54) is 0 Å². The lowest BCUT2D eigenvalue weighted by atomic mass is 10.0. The third-order valence-corrected chi connectivity index (χ3v) is 5.31. The third kappa shape index (κ3) is 6.13. The topological polar surface area (TPSA) is 35.0 Å². The molecular weight excluding hydrogens is 475 g/mol. The smallest absolute Gasteiger partial charge is 0.419 e. The molecule has 0 aliphatic rings. The monoisotopic (exact) mass is 496 g/mol. The normalized spacial score (nSPS) is 11.7. The fraction of sp³-hybridized carbons (Fsp3) is 0.143. The van der Waals surface area contributed by atoms with Gasteiger partial charge in [-0.15, -0.1) is 0 Å². The number of nitrogens with zero attached hydrogens (tertiary/aromatic N) is 2. The van der Waals surface area contributed by atoms with E-state index in [2.05, 4.69) is 21.6 Å². The second-order valence-electron chi connectivity index (χ2n) is 8.06. The fourth-order valence-corrected chi connectivity index (χ4v) is 3.50. The lowest BCUT2D eigenvalue weighted by Gasteiger charge is -2.14. The van der Waals surface area contributed by atoms with E-state index in [9.17, 15) is 22.0 Å². The first kappa shape index (κ1) is 25.0. The van der Waals surface area contributed by atoms with Gasteiger partial charge in [0.1, 0.15) is 5.75 Å². The molecule has 0 saturated carbocycles. The number of alkyl halides is 2. The summed E-state index contributed by atoms with van der Waals surface area (Å²) in [6.45, 7) is 2.10. The van der Waals surface area contributed by atoms with E-state index in [0.717, 1.165) is 41.2 Å². The molecule has 0 fully saturated rings. The highest BCUT2D eigenvalue weighted by Crippen LogP contribution is 2.28. The Bertz CT molecular complexity index is 1330. The highest BCUT2D eigenvalue weighted by molar-refractivity contribution is 5.69. The van der Waals surface area contributed by atoms with Crippen molar-refractivity contribution in [3.63, 3.8) is 0 Å². The van der Waals surface area contributed by atoms with Gasteiger partial charge in [0, 0.05) is 36.2 Å². The zero-order valence-electron chi connectivity index (χ0n) is 19.2. The minimum Gasteiger partial charge on any atom is -0.429 e. The number of aryl methyl sites for hydroxylation is 1. The number of benzene rings is 3. The van der Waals surface area contributed by atoms with Crippen LogP contribution in [-0.2, 0) is 6.42 Å². The van der Waals surface area contributed by atoms with Crippen LogP contribution in [0.25, 0.3) is 28.6 Å². The third-order valence-electron chi connectivity index (χ3n) is 5.31. The van der Waals surface area contributed by atoms with Gasteiger partial charge in [0.25, 0.3) is 0 Å². The average Bonchev–Trinajstić information content (AvgIpc) is 2.87. The first-order chi connectivity index (χ1) is 17.2. The van der Waals surface area contributed by atoms with E-state index in [1.807, 2.05) is 36.7 Å². The molecule has 0 aliphatic heterocycles. The van der Waals surface area contributed by atoms with Crippen LogP contribution in [0.4, 0.5) is 22.0 Å². The molecule has 0 bridgehead atoms. The van der Waals surface area contributed by atoms with E-state index in [0.29, 0.717) is 29.6 Å². The van der Waals surface area contributed by atoms with E-state index >= 15 is 0 Å². The van der Waals surface area contributed by atoms with Crippen LogP contribution in [0, 0.1) is 17.5 Å². The molecule has 3 nitrogen and oxygen atoms in total. The lowest BCUT2D eigenvalue weighted by molar-refractivity contribution is -0.131. The summed E-state index contributed by atoms with van der Waals surface area (Å²) in [5.41, 5.74) is 4.22. The summed E-state index contributed by atoms with van der Waals surface area (Å²) < 4.78 is 71.9. The first-order valence-electron chi connectivity index (χ1n) is 11.2. The van der Waals surface area contributed by atoms with Gasteiger partial charge in [0.15, 0.2) is 23.3 Å². The molecular formula is C28H21F5N2O. The van der Waals surface area contributed by atoms with Crippen LogP contribution in [0.3, 0.4) is 0 Å². The molecule has 4 aromatic rings. The summed E-state index contributed by atoms with van der Waals surface area (Å²) in [5, 5.41) is 0. The summed E-state index contributed by atoms with van der Waals surface area (Å²) in [7, 11) is 0. The van der Waals surface area contributed by atoms with Crippen LogP contribution >= 0.6 is 0 Å². The molecule has 36 heavy (non-hydrogen) atoms. The maximum absolute atomic E-state index is 14.1. The zero-order valence-corrected chi connectivity index (χ0v) is 19.2. The number of hydrogen-bond acceptors (Lipinski definition) is 3. The van der Waals surface area contributed by atoms with Gasteiger partial charge in [0.05, 0.1) is 0 Å². The molecule has 0 spiro atoms. The van der Waals surface area contributed by atoms with Crippen molar-refractivity contribution < 1.29 is 26.7 Å². The van der Waals surface area contributed by atoms with Gasteiger partial charge in [-0.3, -0.25) is 0 Å². The van der Waals surface area contributed by atoms with Gasteiger partial charge < -0.3 is 4.74 Å². The number of aromatic nitrogens is 2. The number of hydrogen-bond donors (Lipinski definition) is 0. The van der Waals surface area contributed by atoms with Gasteiger partial charge in [-0.05, 0) is 34.8 Å². The second-order valence-corrected chi connectivity index (χ2v) is 8.06. The second kappa shape index (κ2) is 10.7. The maximum atomic E-state index is 14.1. The van der Waals surface area contributed by atoms with E-state index in [1.54, 1.807) is 24.3 Å². The highest BCUT2D eigenvalue weighted by Gasteiger charge is 2.28. The summed E-state index contributed by atoms with van der Waals surface area (Å²) in [6.07, 6.45) is 3.31. The largest absolute Gasteiger partial charge is 0.429 e. The molecule has 1 aromatic heterocycles. The molecule has 8 heteroatoms. The Hall–Kier alpha value is -4.07. The van der Waals surface area contributed by atoms with E-state index < -0.39 is 29.3 Å². The first-order valence-corrected chi connectivity index (χ1v) is 11.2. The van der Waals surface area contributed by atoms with Crippen molar-refractivity contribution in [2.45, 2.75) is 25.9 Å². The summed E-state index contributed by atoms with van der Waals surface area (Å²) in [6, 6.07) is 15.2. The van der Waals surface area contributed by atoms with Crippen molar-refractivity contribution in [3.05, 3.63) is 108 Å².